The third-order valence-corrected chi connectivity index (χ3v) is 4.32. The van der Waals surface area contributed by atoms with E-state index in [1.54, 1.807) is 0 Å². The molecule has 0 fully saturated rings. The zero-order valence-electron chi connectivity index (χ0n) is 11.7. The zero-order chi connectivity index (χ0) is 14.1. The van der Waals surface area contributed by atoms with Crippen molar-refractivity contribution in [3.8, 4) is 5.75 Å². The van der Waals surface area contributed by atoms with E-state index in [1.807, 2.05) is 19.2 Å². The van der Waals surface area contributed by atoms with Crippen LogP contribution in [0.4, 0.5) is 0 Å². The second-order valence-corrected chi connectivity index (χ2v) is 6.20. The molecule has 3 rings (SSSR count). The van der Waals surface area contributed by atoms with Gasteiger partial charge in [-0.3, -0.25) is 0 Å². The molecule has 104 valence electrons. The Morgan fingerprint density at radius 1 is 1.20 bits per heavy atom. The monoisotopic (exact) mass is 331 g/mol. The van der Waals surface area contributed by atoms with E-state index in [9.17, 15) is 0 Å². The summed E-state index contributed by atoms with van der Waals surface area (Å²) in [7, 11) is 2.01. The fourth-order valence-corrected chi connectivity index (χ4v) is 3.17. The van der Waals surface area contributed by atoms with Gasteiger partial charge in [0.15, 0.2) is 0 Å². The molecule has 2 aromatic rings. The van der Waals surface area contributed by atoms with Gasteiger partial charge in [0, 0.05) is 22.5 Å². The Labute approximate surface area is 128 Å². The van der Waals surface area contributed by atoms with Crippen LogP contribution in [0.15, 0.2) is 46.9 Å². The maximum Gasteiger partial charge on any atom is 0.126 e. The van der Waals surface area contributed by atoms with Gasteiger partial charge in [0.1, 0.15) is 11.9 Å². The summed E-state index contributed by atoms with van der Waals surface area (Å²) in [6.07, 6.45) is 1.06. The Kier molecular flexibility index (Phi) is 3.81. The van der Waals surface area contributed by atoms with E-state index in [0.717, 1.165) is 16.6 Å². The normalized spacial score (nSPS) is 21.1. The summed E-state index contributed by atoms with van der Waals surface area (Å²) < 4.78 is 7.29. The molecule has 0 amide bonds. The summed E-state index contributed by atoms with van der Waals surface area (Å²) in [5.41, 5.74) is 3.75. The molecule has 0 aromatic heterocycles. The predicted octanol–water partition coefficient (Wildman–Crippen LogP) is 4.54. The smallest absolute Gasteiger partial charge is 0.126 e. The number of hydrogen-bond donors (Lipinski definition) is 1. The van der Waals surface area contributed by atoms with E-state index < -0.39 is 0 Å². The van der Waals surface area contributed by atoms with Crippen LogP contribution < -0.4 is 10.1 Å². The Hall–Kier alpha value is -1.32. The third-order valence-electron chi connectivity index (χ3n) is 3.83. The molecular weight excluding hydrogens is 314 g/mol. The van der Waals surface area contributed by atoms with Gasteiger partial charge in [0.2, 0.25) is 0 Å². The molecule has 2 aromatic carbocycles. The quantitative estimate of drug-likeness (QED) is 0.872. The molecule has 1 aliphatic heterocycles. The number of fused-ring (bicyclic) bond motifs is 1. The molecule has 1 heterocycles. The predicted molar refractivity (Wildman–Crippen MR) is 85.1 cm³/mol. The number of aryl methyl sites for hydroxylation is 1. The number of hydrogen-bond acceptors (Lipinski definition) is 2. The van der Waals surface area contributed by atoms with Gasteiger partial charge >= 0.3 is 0 Å². The van der Waals surface area contributed by atoms with Gasteiger partial charge in [-0.2, -0.15) is 0 Å². The topological polar surface area (TPSA) is 21.3 Å². The van der Waals surface area contributed by atoms with Crippen molar-refractivity contribution >= 4 is 15.9 Å². The van der Waals surface area contributed by atoms with E-state index in [1.165, 1.54) is 16.7 Å². The van der Waals surface area contributed by atoms with Gasteiger partial charge < -0.3 is 10.1 Å². The van der Waals surface area contributed by atoms with Gasteiger partial charge in [0.05, 0.1) is 0 Å². The first-order valence-electron chi connectivity index (χ1n) is 6.87. The van der Waals surface area contributed by atoms with Gasteiger partial charge in [-0.15, -0.1) is 0 Å². The lowest BCUT2D eigenvalue weighted by atomic mass is 9.92. The average molecular weight is 332 g/mol. The molecule has 0 aliphatic carbocycles. The second kappa shape index (κ2) is 5.58. The lowest BCUT2D eigenvalue weighted by Crippen LogP contribution is -2.26. The van der Waals surface area contributed by atoms with E-state index in [4.69, 9.17) is 4.74 Å². The first-order chi connectivity index (χ1) is 9.67. The van der Waals surface area contributed by atoms with Crippen LogP contribution in [0, 0.1) is 6.92 Å². The molecule has 2 unspecified atom stereocenters. The fraction of sp³-hybridized carbons (Fsp3) is 0.294. The first-order valence-corrected chi connectivity index (χ1v) is 7.66. The molecule has 0 spiro atoms. The lowest BCUT2D eigenvalue weighted by molar-refractivity contribution is 0.154. The molecule has 2 nitrogen and oxygen atoms in total. The van der Waals surface area contributed by atoms with Crippen LogP contribution in [0.2, 0.25) is 0 Å². The summed E-state index contributed by atoms with van der Waals surface area (Å²) >= 11 is 3.53. The first kappa shape index (κ1) is 13.7. The molecule has 2 atom stereocenters. The number of ether oxygens (including phenoxy) is 1. The van der Waals surface area contributed by atoms with Crippen molar-refractivity contribution in [3.05, 3.63) is 63.6 Å². The minimum Gasteiger partial charge on any atom is -0.485 e. The van der Waals surface area contributed by atoms with Crippen molar-refractivity contribution in [3.63, 3.8) is 0 Å². The number of benzene rings is 2. The summed E-state index contributed by atoms with van der Waals surface area (Å²) in [6.45, 7) is 2.12. The summed E-state index contributed by atoms with van der Waals surface area (Å²) in [5, 5.41) is 3.40. The van der Waals surface area contributed by atoms with E-state index in [0.29, 0.717) is 6.04 Å². The maximum atomic E-state index is 6.20. The Morgan fingerprint density at radius 3 is 2.80 bits per heavy atom. The van der Waals surface area contributed by atoms with Crippen molar-refractivity contribution in [2.45, 2.75) is 25.5 Å². The molecular formula is C17H18BrNO. The highest BCUT2D eigenvalue weighted by molar-refractivity contribution is 9.10. The van der Waals surface area contributed by atoms with Crippen molar-refractivity contribution in [1.82, 2.24) is 5.32 Å². The van der Waals surface area contributed by atoms with Gasteiger partial charge in [-0.1, -0.05) is 45.8 Å². The second-order valence-electron chi connectivity index (χ2n) is 5.28. The summed E-state index contributed by atoms with van der Waals surface area (Å²) in [4.78, 5) is 0. The summed E-state index contributed by atoms with van der Waals surface area (Å²) in [6, 6.07) is 15.1. The molecule has 1 aliphatic rings. The van der Waals surface area contributed by atoms with Crippen LogP contribution >= 0.6 is 15.9 Å². The lowest BCUT2D eigenvalue weighted by Gasteiger charge is -2.32. The Morgan fingerprint density at radius 2 is 2.05 bits per heavy atom. The van der Waals surface area contributed by atoms with Crippen molar-refractivity contribution < 1.29 is 4.74 Å². The maximum absolute atomic E-state index is 6.20. The third kappa shape index (κ3) is 2.60. The van der Waals surface area contributed by atoms with Gasteiger partial charge in [-0.05, 0) is 37.7 Å². The number of nitrogens with one attached hydrogen (secondary N) is 1. The summed E-state index contributed by atoms with van der Waals surface area (Å²) in [5.74, 6) is 0.977. The zero-order valence-corrected chi connectivity index (χ0v) is 13.3. The minimum atomic E-state index is 0.112. The number of halogens is 1. The molecule has 0 saturated carbocycles. The minimum absolute atomic E-state index is 0.112. The highest BCUT2D eigenvalue weighted by Crippen LogP contribution is 2.41. The average Bonchev–Trinajstić information content (AvgIpc) is 2.46. The van der Waals surface area contributed by atoms with Crippen LogP contribution in [0.1, 0.15) is 35.3 Å². The molecule has 3 heteroatoms. The fourth-order valence-electron chi connectivity index (χ4n) is 2.79. The van der Waals surface area contributed by atoms with E-state index in [2.05, 4.69) is 58.5 Å². The highest BCUT2D eigenvalue weighted by atomic mass is 79.9. The van der Waals surface area contributed by atoms with Crippen molar-refractivity contribution in [1.29, 1.82) is 0 Å². The Balaban J connectivity index is 1.96. The van der Waals surface area contributed by atoms with Crippen LogP contribution in [0.3, 0.4) is 0 Å². The van der Waals surface area contributed by atoms with Gasteiger partial charge in [-0.25, -0.2) is 0 Å². The molecule has 0 bridgehead atoms. The van der Waals surface area contributed by atoms with Crippen LogP contribution in [0.25, 0.3) is 0 Å². The largest absolute Gasteiger partial charge is 0.485 e. The van der Waals surface area contributed by atoms with E-state index in [-0.39, 0.29) is 6.10 Å². The van der Waals surface area contributed by atoms with E-state index >= 15 is 0 Å². The van der Waals surface area contributed by atoms with Crippen LogP contribution in [-0.4, -0.2) is 7.05 Å². The number of rotatable bonds is 2. The molecule has 0 saturated heterocycles. The standard InChI is InChI=1S/C17H18BrNO/c1-11-4-3-5-12(8-11)17-10-15(19-2)14-9-13(18)6-7-16(14)20-17/h3-9,15,17,19H,10H2,1-2H3. The van der Waals surface area contributed by atoms with Crippen LogP contribution in [-0.2, 0) is 0 Å². The molecule has 20 heavy (non-hydrogen) atoms. The Bertz CT molecular complexity index is 626. The molecule has 1 N–H and O–H groups in total. The van der Waals surface area contributed by atoms with Crippen molar-refractivity contribution in [2.24, 2.45) is 0 Å². The van der Waals surface area contributed by atoms with Crippen molar-refractivity contribution in [2.75, 3.05) is 7.05 Å². The van der Waals surface area contributed by atoms with Gasteiger partial charge in [0.25, 0.3) is 0 Å². The highest BCUT2D eigenvalue weighted by Gasteiger charge is 2.28. The molecule has 0 radical (unpaired) electrons. The SMILES string of the molecule is CNC1CC(c2cccc(C)c2)Oc2ccc(Br)cc21. The van der Waals surface area contributed by atoms with Crippen LogP contribution in [0.5, 0.6) is 5.75 Å².